The van der Waals surface area contributed by atoms with Crippen LogP contribution < -0.4 is 15.4 Å². The molecule has 7 atom stereocenters. The molecule has 2 aromatic rings. The third-order valence-corrected chi connectivity index (χ3v) is 11.8. The van der Waals surface area contributed by atoms with Crippen LogP contribution in [0.15, 0.2) is 42.5 Å². The van der Waals surface area contributed by atoms with Gasteiger partial charge < -0.3 is 25.4 Å². The Hall–Kier alpha value is -2.27. The lowest BCUT2D eigenvalue weighted by Crippen LogP contribution is -2.55. The number of thioether (sulfide) groups is 1. The lowest BCUT2D eigenvalue weighted by Gasteiger charge is -2.37. The van der Waals surface area contributed by atoms with Crippen LogP contribution in [-0.2, 0) is 14.4 Å². The van der Waals surface area contributed by atoms with Crippen LogP contribution in [0.2, 0.25) is 5.02 Å². The first-order valence-corrected chi connectivity index (χ1v) is 15.7. The number of anilines is 2. The first-order valence-electron chi connectivity index (χ1n) is 13.5. The zero-order valence-electron chi connectivity index (χ0n) is 22.5. The summed E-state index contributed by atoms with van der Waals surface area (Å²) in [5.74, 6) is -1.54. The van der Waals surface area contributed by atoms with Gasteiger partial charge in [-0.3, -0.25) is 14.4 Å². The summed E-state index contributed by atoms with van der Waals surface area (Å²) in [5, 5.41) is 16.4. The molecule has 0 saturated carbocycles. The van der Waals surface area contributed by atoms with Crippen molar-refractivity contribution in [1.29, 1.82) is 0 Å². The number of para-hydroxylation sites is 1. The SMILES string of the molecule is CCOc1ccc(NC(=O)[C@H]2[C@H]3C(=O)N([C@@H](CC)CO)C(C(=O)Nc4c(C)cccc4Cl)C34CC(Br)[C@@H]2S4)cc1. The number of aryl methyl sites for hydroxylation is 1. The van der Waals surface area contributed by atoms with Gasteiger partial charge >= 0.3 is 0 Å². The third-order valence-electron chi connectivity index (χ3n) is 8.26. The zero-order chi connectivity index (χ0) is 28.8. The topological polar surface area (TPSA) is 108 Å². The van der Waals surface area contributed by atoms with Gasteiger partial charge in [0.05, 0.1) is 46.5 Å². The predicted molar refractivity (Wildman–Crippen MR) is 161 cm³/mol. The van der Waals surface area contributed by atoms with Crippen LogP contribution in [-0.4, -0.2) is 67.8 Å². The molecular weight excluding hydrogens is 618 g/mol. The molecule has 2 bridgehead atoms. The Kier molecular flexibility index (Phi) is 8.44. The molecule has 3 unspecified atom stereocenters. The van der Waals surface area contributed by atoms with Crippen molar-refractivity contribution in [2.75, 3.05) is 23.8 Å². The van der Waals surface area contributed by atoms with Gasteiger partial charge in [0.25, 0.3) is 0 Å². The van der Waals surface area contributed by atoms with E-state index in [1.54, 1.807) is 42.1 Å². The first kappa shape index (κ1) is 29.2. The van der Waals surface area contributed by atoms with E-state index in [4.69, 9.17) is 16.3 Å². The number of alkyl halides is 1. The molecule has 5 rings (SSSR count). The Bertz CT molecular complexity index is 1290. The molecular formula is C29H33BrClN3O5S. The summed E-state index contributed by atoms with van der Waals surface area (Å²) in [6.07, 6.45) is 1.01. The van der Waals surface area contributed by atoms with Crippen LogP contribution in [0.5, 0.6) is 5.75 Å². The lowest BCUT2D eigenvalue weighted by atomic mass is 9.70. The second kappa shape index (κ2) is 11.5. The van der Waals surface area contributed by atoms with Crippen LogP contribution in [0.4, 0.5) is 11.4 Å². The normalized spacial score (nSPS) is 29.3. The van der Waals surface area contributed by atoms with Gasteiger partial charge in [-0.05, 0) is 62.6 Å². The van der Waals surface area contributed by atoms with E-state index in [9.17, 15) is 19.5 Å². The molecule has 3 aliphatic heterocycles. The van der Waals surface area contributed by atoms with E-state index in [-0.39, 0.29) is 34.4 Å². The molecule has 214 valence electrons. The number of rotatable bonds is 9. The Labute approximate surface area is 251 Å². The highest BCUT2D eigenvalue weighted by molar-refractivity contribution is 9.09. The van der Waals surface area contributed by atoms with E-state index < -0.39 is 28.7 Å². The largest absolute Gasteiger partial charge is 0.494 e. The number of aliphatic hydroxyl groups excluding tert-OH is 1. The van der Waals surface area contributed by atoms with Crippen molar-refractivity contribution in [2.45, 2.75) is 60.5 Å². The molecule has 40 heavy (non-hydrogen) atoms. The molecule has 11 heteroatoms. The second-order valence-electron chi connectivity index (χ2n) is 10.5. The number of nitrogens with zero attached hydrogens (tertiary/aromatic N) is 1. The summed E-state index contributed by atoms with van der Waals surface area (Å²) in [6.45, 7) is 5.89. The fourth-order valence-electron chi connectivity index (χ4n) is 6.48. The Morgan fingerprint density at radius 2 is 1.93 bits per heavy atom. The number of fused-ring (bicyclic) bond motifs is 1. The fourth-order valence-corrected chi connectivity index (χ4v) is 10.4. The van der Waals surface area contributed by atoms with Crippen LogP contribution in [0.1, 0.15) is 32.3 Å². The van der Waals surface area contributed by atoms with Gasteiger partial charge in [0, 0.05) is 15.8 Å². The molecule has 0 radical (unpaired) electrons. The summed E-state index contributed by atoms with van der Waals surface area (Å²) >= 11 is 11.8. The number of nitrogens with one attached hydrogen (secondary N) is 2. The maximum atomic E-state index is 14.2. The smallest absolute Gasteiger partial charge is 0.248 e. The van der Waals surface area contributed by atoms with E-state index in [0.717, 1.165) is 5.56 Å². The number of aliphatic hydroxyl groups is 1. The van der Waals surface area contributed by atoms with Gasteiger partial charge in [0.1, 0.15) is 11.8 Å². The Balaban J connectivity index is 1.50. The molecule has 3 heterocycles. The maximum Gasteiger partial charge on any atom is 0.248 e. The summed E-state index contributed by atoms with van der Waals surface area (Å²) in [4.78, 5) is 43.6. The molecule has 3 N–H and O–H groups in total. The van der Waals surface area contributed by atoms with Crippen LogP contribution in [0, 0.1) is 18.8 Å². The quantitative estimate of drug-likeness (QED) is 0.335. The number of carbonyl (C=O) groups excluding carboxylic acids is 3. The average molecular weight is 651 g/mol. The van der Waals surface area contributed by atoms with Crippen molar-refractivity contribution in [3.63, 3.8) is 0 Å². The first-order chi connectivity index (χ1) is 19.2. The summed E-state index contributed by atoms with van der Waals surface area (Å²) < 4.78 is 4.66. The Morgan fingerprint density at radius 1 is 1.20 bits per heavy atom. The number of carbonyl (C=O) groups is 3. The van der Waals surface area contributed by atoms with Crippen LogP contribution >= 0.6 is 39.3 Å². The highest BCUT2D eigenvalue weighted by Crippen LogP contribution is 2.68. The van der Waals surface area contributed by atoms with Gasteiger partial charge in [0.2, 0.25) is 17.7 Å². The molecule has 3 fully saturated rings. The highest BCUT2D eigenvalue weighted by Gasteiger charge is 2.76. The number of likely N-dealkylation sites (tertiary alicyclic amines) is 1. The fraction of sp³-hybridized carbons (Fsp3) is 0.483. The number of halogens is 2. The van der Waals surface area contributed by atoms with E-state index in [1.165, 1.54) is 4.90 Å². The molecule has 0 aromatic heterocycles. The average Bonchev–Trinajstić information content (AvgIpc) is 3.52. The van der Waals surface area contributed by atoms with Gasteiger partial charge in [0.15, 0.2) is 0 Å². The molecule has 0 aliphatic carbocycles. The molecule has 2 aromatic carbocycles. The predicted octanol–water partition coefficient (Wildman–Crippen LogP) is 4.86. The maximum absolute atomic E-state index is 14.2. The van der Waals surface area contributed by atoms with Crippen LogP contribution in [0.25, 0.3) is 0 Å². The van der Waals surface area contributed by atoms with Gasteiger partial charge in [-0.25, -0.2) is 0 Å². The monoisotopic (exact) mass is 649 g/mol. The third kappa shape index (κ3) is 4.80. The van der Waals surface area contributed by atoms with Crippen molar-refractivity contribution < 1.29 is 24.2 Å². The van der Waals surface area contributed by atoms with Gasteiger partial charge in [-0.2, -0.15) is 0 Å². The van der Waals surface area contributed by atoms with E-state index in [0.29, 0.717) is 41.6 Å². The second-order valence-corrected chi connectivity index (χ2v) is 13.6. The van der Waals surface area contributed by atoms with Crippen molar-refractivity contribution in [2.24, 2.45) is 11.8 Å². The van der Waals surface area contributed by atoms with Crippen molar-refractivity contribution in [3.8, 4) is 5.75 Å². The minimum absolute atomic E-state index is 0.0656. The van der Waals surface area contributed by atoms with E-state index in [1.807, 2.05) is 32.9 Å². The van der Waals surface area contributed by atoms with E-state index in [2.05, 4.69) is 26.6 Å². The summed E-state index contributed by atoms with van der Waals surface area (Å²) in [7, 11) is 0. The highest BCUT2D eigenvalue weighted by atomic mass is 79.9. The molecule has 3 aliphatic rings. The van der Waals surface area contributed by atoms with Gasteiger partial charge in [-0.1, -0.05) is 46.6 Å². The minimum Gasteiger partial charge on any atom is -0.494 e. The van der Waals surface area contributed by atoms with Gasteiger partial charge in [-0.15, -0.1) is 11.8 Å². The molecule has 3 saturated heterocycles. The molecule has 8 nitrogen and oxygen atoms in total. The number of hydrogen-bond acceptors (Lipinski definition) is 6. The van der Waals surface area contributed by atoms with Crippen LogP contribution in [0.3, 0.4) is 0 Å². The minimum atomic E-state index is -0.879. The molecule has 3 amide bonds. The summed E-state index contributed by atoms with van der Waals surface area (Å²) in [5.41, 5.74) is 1.90. The van der Waals surface area contributed by atoms with Crippen molar-refractivity contribution in [1.82, 2.24) is 4.90 Å². The van der Waals surface area contributed by atoms with Crippen molar-refractivity contribution >= 4 is 68.4 Å². The number of hydrogen-bond donors (Lipinski definition) is 3. The molecule has 1 spiro atoms. The number of ether oxygens (including phenoxy) is 1. The number of amides is 3. The summed E-state index contributed by atoms with van der Waals surface area (Å²) in [6, 6.07) is 11.1. The Morgan fingerprint density at radius 3 is 2.55 bits per heavy atom. The number of benzene rings is 2. The van der Waals surface area contributed by atoms with E-state index >= 15 is 0 Å². The van der Waals surface area contributed by atoms with Crippen molar-refractivity contribution in [3.05, 3.63) is 53.1 Å². The lowest BCUT2D eigenvalue weighted by molar-refractivity contribution is -0.141. The standard InChI is InChI=1S/C29H33BrClN3O5S/c1-4-17(14-35)34-25(27(37)33-23-15(3)7-6-8-20(23)31)29-13-19(30)24(40-29)21(22(29)28(34)38)26(36)32-16-9-11-18(12-10-16)39-5-2/h6-12,17,19,21-22,24-25,35H,4-5,13-14H2,1-3H3,(H,32,36)(H,33,37)/t17-,19?,21-,22-,24-,25?,29?/m0/s1. The zero-order valence-corrected chi connectivity index (χ0v) is 25.7.